The molecule has 0 heterocycles. The molecule has 0 radical (unpaired) electrons. The van der Waals surface area contributed by atoms with Crippen molar-refractivity contribution in [1.29, 1.82) is 0 Å². The normalized spacial score (nSPS) is 11.1. The summed E-state index contributed by atoms with van der Waals surface area (Å²) in [7, 11) is 0. The number of aliphatic imine (C=N–C) groups is 1. The number of guanidine groups is 1. The van der Waals surface area contributed by atoms with E-state index < -0.39 is 4.92 Å². The molecule has 0 aliphatic carbocycles. The van der Waals surface area contributed by atoms with Crippen LogP contribution in [0.15, 0.2) is 41.4 Å². The van der Waals surface area contributed by atoms with E-state index in [1.54, 1.807) is 12.1 Å². The number of non-ortho nitro benzene ring substituents is 1. The summed E-state index contributed by atoms with van der Waals surface area (Å²) in [4.78, 5) is 14.2. The Hall–Kier alpha value is -2.37. The van der Waals surface area contributed by atoms with E-state index in [9.17, 15) is 10.1 Å². The number of rotatable bonds is 5. The van der Waals surface area contributed by atoms with Gasteiger partial charge in [0, 0.05) is 18.7 Å². The van der Waals surface area contributed by atoms with Crippen molar-refractivity contribution in [3.05, 3.63) is 52.1 Å². The number of nitro groups is 1. The van der Waals surface area contributed by atoms with Gasteiger partial charge in [-0.2, -0.15) is 0 Å². The molecular formula is C12H16N4O2. The summed E-state index contributed by atoms with van der Waals surface area (Å²) in [5.74, 6) is 0.296. The Balaban J connectivity index is 2.62. The third-order valence-corrected chi connectivity index (χ3v) is 2.12. The summed E-state index contributed by atoms with van der Waals surface area (Å²) in [6.07, 6.45) is 0. The maximum Gasteiger partial charge on any atom is 0.269 e. The van der Waals surface area contributed by atoms with Crippen molar-refractivity contribution in [1.82, 2.24) is 5.32 Å². The maximum absolute atomic E-state index is 10.6. The second kappa shape index (κ2) is 6.39. The van der Waals surface area contributed by atoms with Gasteiger partial charge in [0.25, 0.3) is 5.69 Å². The van der Waals surface area contributed by atoms with Crippen molar-refractivity contribution in [3.63, 3.8) is 0 Å². The number of nitro benzene ring substituents is 1. The van der Waals surface area contributed by atoms with Crippen LogP contribution in [0, 0.1) is 10.1 Å². The van der Waals surface area contributed by atoms with E-state index in [2.05, 4.69) is 16.9 Å². The summed E-state index contributed by atoms with van der Waals surface area (Å²) >= 11 is 0. The Bertz CT molecular complexity index is 483. The third-order valence-electron chi connectivity index (χ3n) is 2.12. The molecule has 0 aliphatic rings. The van der Waals surface area contributed by atoms with E-state index in [1.807, 2.05) is 6.92 Å². The van der Waals surface area contributed by atoms with Gasteiger partial charge < -0.3 is 11.1 Å². The van der Waals surface area contributed by atoms with Gasteiger partial charge in [0.15, 0.2) is 5.96 Å². The minimum Gasteiger partial charge on any atom is -0.370 e. The molecule has 1 rings (SSSR count). The molecule has 6 nitrogen and oxygen atoms in total. The fourth-order valence-corrected chi connectivity index (χ4v) is 1.24. The Kier molecular flexibility index (Phi) is 4.86. The lowest BCUT2D eigenvalue weighted by molar-refractivity contribution is -0.384. The topological polar surface area (TPSA) is 93.5 Å². The van der Waals surface area contributed by atoms with Crippen LogP contribution in [0.25, 0.3) is 0 Å². The minimum atomic E-state index is -0.435. The van der Waals surface area contributed by atoms with Crippen LogP contribution in [-0.2, 0) is 6.54 Å². The molecule has 1 aromatic rings. The van der Waals surface area contributed by atoms with Crippen molar-refractivity contribution in [2.75, 3.05) is 6.54 Å². The highest BCUT2D eigenvalue weighted by Crippen LogP contribution is 2.13. The van der Waals surface area contributed by atoms with Crippen LogP contribution in [0.2, 0.25) is 0 Å². The SMILES string of the molecule is C=C(C)CNC(N)=NCc1cccc([N+](=O)[O-])c1. The van der Waals surface area contributed by atoms with E-state index in [0.717, 1.165) is 11.1 Å². The van der Waals surface area contributed by atoms with Gasteiger partial charge in [0.2, 0.25) is 0 Å². The molecule has 0 fully saturated rings. The molecule has 6 heteroatoms. The van der Waals surface area contributed by atoms with Gasteiger partial charge >= 0.3 is 0 Å². The van der Waals surface area contributed by atoms with Gasteiger partial charge in [-0.1, -0.05) is 24.3 Å². The molecule has 0 amide bonds. The first kappa shape index (κ1) is 13.7. The predicted molar refractivity (Wildman–Crippen MR) is 71.2 cm³/mol. The van der Waals surface area contributed by atoms with Crippen LogP contribution in [0.5, 0.6) is 0 Å². The molecular weight excluding hydrogens is 232 g/mol. The molecule has 96 valence electrons. The molecule has 3 N–H and O–H groups in total. The number of hydrogen-bond donors (Lipinski definition) is 2. The Morgan fingerprint density at radius 1 is 1.61 bits per heavy atom. The number of nitrogens with zero attached hydrogens (tertiary/aromatic N) is 2. The average Bonchev–Trinajstić information content (AvgIpc) is 2.34. The zero-order chi connectivity index (χ0) is 13.5. The summed E-state index contributed by atoms with van der Waals surface area (Å²) in [5.41, 5.74) is 7.37. The first-order valence-electron chi connectivity index (χ1n) is 5.40. The Morgan fingerprint density at radius 2 is 2.33 bits per heavy atom. The lowest BCUT2D eigenvalue weighted by Gasteiger charge is -2.04. The molecule has 0 atom stereocenters. The molecule has 1 aromatic carbocycles. The maximum atomic E-state index is 10.6. The highest BCUT2D eigenvalue weighted by atomic mass is 16.6. The van der Waals surface area contributed by atoms with E-state index in [4.69, 9.17) is 5.73 Å². The summed E-state index contributed by atoms with van der Waals surface area (Å²) in [6.45, 7) is 6.47. The Morgan fingerprint density at radius 3 is 2.94 bits per heavy atom. The van der Waals surface area contributed by atoms with Crippen LogP contribution < -0.4 is 11.1 Å². The first-order chi connectivity index (χ1) is 8.49. The van der Waals surface area contributed by atoms with Crippen molar-refractivity contribution in [3.8, 4) is 0 Å². The first-order valence-corrected chi connectivity index (χ1v) is 5.40. The quantitative estimate of drug-likeness (QED) is 0.272. The van der Waals surface area contributed by atoms with Gasteiger partial charge in [-0.05, 0) is 12.5 Å². The van der Waals surface area contributed by atoms with Crippen LogP contribution in [0.3, 0.4) is 0 Å². The van der Waals surface area contributed by atoms with Crippen LogP contribution in [0.4, 0.5) is 5.69 Å². The predicted octanol–water partition coefficient (Wildman–Crippen LogP) is 1.58. The van der Waals surface area contributed by atoms with E-state index in [0.29, 0.717) is 19.0 Å². The standard InChI is InChI=1S/C12H16N4O2/c1-9(2)7-14-12(13)15-8-10-4-3-5-11(6-10)16(17)18/h3-6H,1,7-8H2,2H3,(H3,13,14,15). The Labute approximate surface area is 105 Å². The zero-order valence-corrected chi connectivity index (χ0v) is 10.2. The fraction of sp³-hybridized carbons (Fsp3) is 0.250. The van der Waals surface area contributed by atoms with Crippen LogP contribution >= 0.6 is 0 Å². The van der Waals surface area contributed by atoms with Gasteiger partial charge in [-0.3, -0.25) is 10.1 Å². The summed E-state index contributed by atoms with van der Waals surface area (Å²) in [5, 5.41) is 13.5. The smallest absolute Gasteiger partial charge is 0.269 e. The van der Waals surface area contributed by atoms with E-state index in [1.165, 1.54) is 12.1 Å². The summed E-state index contributed by atoms with van der Waals surface area (Å²) in [6, 6.07) is 6.31. The molecule has 0 bridgehead atoms. The van der Waals surface area contributed by atoms with Crippen molar-refractivity contribution in [2.24, 2.45) is 10.7 Å². The van der Waals surface area contributed by atoms with Gasteiger partial charge in [0.1, 0.15) is 0 Å². The molecule has 0 aliphatic heterocycles. The van der Waals surface area contributed by atoms with Crippen LogP contribution in [-0.4, -0.2) is 17.4 Å². The van der Waals surface area contributed by atoms with Gasteiger partial charge in [-0.25, -0.2) is 4.99 Å². The molecule has 0 unspecified atom stereocenters. The molecule has 0 saturated carbocycles. The number of benzene rings is 1. The lowest BCUT2D eigenvalue weighted by atomic mass is 10.2. The highest BCUT2D eigenvalue weighted by Gasteiger charge is 2.04. The molecule has 0 aromatic heterocycles. The van der Waals surface area contributed by atoms with Gasteiger partial charge in [-0.15, -0.1) is 0 Å². The largest absolute Gasteiger partial charge is 0.370 e. The number of hydrogen-bond acceptors (Lipinski definition) is 3. The molecule has 0 spiro atoms. The lowest BCUT2D eigenvalue weighted by Crippen LogP contribution is -2.32. The van der Waals surface area contributed by atoms with Crippen LogP contribution in [0.1, 0.15) is 12.5 Å². The van der Waals surface area contributed by atoms with Crippen molar-refractivity contribution >= 4 is 11.6 Å². The summed E-state index contributed by atoms with van der Waals surface area (Å²) < 4.78 is 0. The van der Waals surface area contributed by atoms with Crippen molar-refractivity contribution in [2.45, 2.75) is 13.5 Å². The van der Waals surface area contributed by atoms with E-state index in [-0.39, 0.29) is 5.69 Å². The minimum absolute atomic E-state index is 0.0520. The van der Waals surface area contributed by atoms with E-state index >= 15 is 0 Å². The second-order valence-corrected chi connectivity index (χ2v) is 3.94. The molecule has 0 saturated heterocycles. The van der Waals surface area contributed by atoms with Crippen molar-refractivity contribution < 1.29 is 4.92 Å². The number of nitrogens with one attached hydrogen (secondary N) is 1. The highest BCUT2D eigenvalue weighted by molar-refractivity contribution is 5.78. The monoisotopic (exact) mass is 248 g/mol. The number of nitrogens with two attached hydrogens (primary N) is 1. The fourth-order valence-electron chi connectivity index (χ4n) is 1.24. The zero-order valence-electron chi connectivity index (χ0n) is 10.2. The average molecular weight is 248 g/mol. The third kappa shape index (κ3) is 4.65. The second-order valence-electron chi connectivity index (χ2n) is 3.94. The molecule has 18 heavy (non-hydrogen) atoms. The van der Waals surface area contributed by atoms with Gasteiger partial charge in [0.05, 0.1) is 11.5 Å².